The minimum absolute atomic E-state index is 0.0296. The molecular weight excluding hydrogens is 559 g/mol. The summed E-state index contributed by atoms with van der Waals surface area (Å²) in [7, 11) is 0. The second-order valence-electron chi connectivity index (χ2n) is 7.72. The Hall–Kier alpha value is -3.89. The first-order chi connectivity index (χ1) is 17.3. The molecule has 0 aliphatic carbocycles. The van der Waals surface area contributed by atoms with Gasteiger partial charge < -0.3 is 14.2 Å². The van der Waals surface area contributed by atoms with Gasteiger partial charge in [0.2, 0.25) is 6.79 Å². The van der Waals surface area contributed by atoms with Crippen LogP contribution in [-0.4, -0.2) is 24.6 Å². The molecule has 2 aliphatic rings. The fourth-order valence-corrected chi connectivity index (χ4v) is 4.61. The molecule has 2 aliphatic heterocycles. The maximum Gasteiger partial charge on any atom is 0.335 e. The monoisotopic (exact) mass is 572 g/mol. The van der Waals surface area contributed by atoms with Crippen molar-refractivity contribution in [1.29, 1.82) is 0 Å². The summed E-state index contributed by atoms with van der Waals surface area (Å²) in [5.74, 6) is -0.813. The molecular formula is C25H15BrClFN2O6. The molecule has 3 aromatic rings. The molecule has 0 bridgehead atoms. The van der Waals surface area contributed by atoms with Gasteiger partial charge in [0.25, 0.3) is 11.8 Å². The second kappa shape index (κ2) is 9.63. The van der Waals surface area contributed by atoms with Crippen LogP contribution in [0.4, 0.5) is 14.9 Å². The van der Waals surface area contributed by atoms with E-state index in [1.54, 1.807) is 24.3 Å². The number of carbonyl (C=O) groups is 3. The van der Waals surface area contributed by atoms with Crippen LogP contribution in [-0.2, 0) is 16.2 Å². The molecule has 11 heteroatoms. The number of imide groups is 2. The molecule has 0 unspecified atom stereocenters. The summed E-state index contributed by atoms with van der Waals surface area (Å²) in [4.78, 5) is 39.0. The third-order valence-corrected chi connectivity index (χ3v) is 6.21. The van der Waals surface area contributed by atoms with E-state index in [1.807, 2.05) is 0 Å². The Morgan fingerprint density at radius 3 is 2.56 bits per heavy atom. The smallest absolute Gasteiger partial charge is 0.335 e. The molecule has 8 nitrogen and oxygen atoms in total. The highest BCUT2D eigenvalue weighted by Gasteiger charge is 2.37. The average molecular weight is 574 g/mol. The number of carbonyl (C=O) groups excluding carboxylic acids is 3. The van der Waals surface area contributed by atoms with Crippen molar-refractivity contribution >= 4 is 57.1 Å². The Morgan fingerprint density at radius 1 is 1.06 bits per heavy atom. The molecule has 36 heavy (non-hydrogen) atoms. The number of benzene rings is 3. The predicted molar refractivity (Wildman–Crippen MR) is 131 cm³/mol. The van der Waals surface area contributed by atoms with Crippen molar-refractivity contribution in [1.82, 2.24) is 5.32 Å². The van der Waals surface area contributed by atoms with Gasteiger partial charge in [-0.25, -0.2) is 14.1 Å². The lowest BCUT2D eigenvalue weighted by molar-refractivity contribution is -0.122. The number of nitrogens with zero attached hydrogens (tertiary/aromatic N) is 1. The summed E-state index contributed by atoms with van der Waals surface area (Å²) in [5.41, 5.74) is 1.10. The van der Waals surface area contributed by atoms with Crippen molar-refractivity contribution in [2.75, 3.05) is 11.7 Å². The number of anilines is 1. The summed E-state index contributed by atoms with van der Waals surface area (Å²) in [6, 6.07) is 12.6. The normalized spacial score (nSPS) is 15.9. The van der Waals surface area contributed by atoms with Crippen LogP contribution >= 0.6 is 27.5 Å². The van der Waals surface area contributed by atoms with Crippen LogP contribution in [0.25, 0.3) is 6.08 Å². The van der Waals surface area contributed by atoms with E-state index >= 15 is 0 Å². The molecule has 3 aromatic carbocycles. The molecule has 5 rings (SSSR count). The van der Waals surface area contributed by atoms with Crippen LogP contribution in [0.2, 0.25) is 5.02 Å². The molecule has 4 amide bonds. The van der Waals surface area contributed by atoms with Crippen molar-refractivity contribution in [2.45, 2.75) is 6.61 Å². The Balaban J connectivity index is 1.40. The van der Waals surface area contributed by atoms with E-state index in [2.05, 4.69) is 21.2 Å². The minimum Gasteiger partial charge on any atom is -0.486 e. The van der Waals surface area contributed by atoms with Crippen LogP contribution in [0.5, 0.6) is 17.2 Å². The van der Waals surface area contributed by atoms with Gasteiger partial charge in [-0.15, -0.1) is 0 Å². The first kappa shape index (κ1) is 23.8. The number of urea groups is 1. The maximum absolute atomic E-state index is 13.2. The van der Waals surface area contributed by atoms with E-state index < -0.39 is 17.8 Å². The lowest BCUT2D eigenvalue weighted by Crippen LogP contribution is -2.54. The van der Waals surface area contributed by atoms with Crippen LogP contribution in [0.3, 0.4) is 0 Å². The number of fused-ring (bicyclic) bond motifs is 1. The first-order valence-electron chi connectivity index (χ1n) is 10.5. The van der Waals surface area contributed by atoms with Gasteiger partial charge in [0.15, 0.2) is 17.2 Å². The molecule has 1 fully saturated rings. The molecule has 182 valence electrons. The lowest BCUT2D eigenvalue weighted by atomic mass is 10.1. The zero-order valence-electron chi connectivity index (χ0n) is 18.2. The van der Waals surface area contributed by atoms with Crippen LogP contribution in [0.1, 0.15) is 11.1 Å². The SMILES string of the molecule is O=C1NC(=O)N(c2ccc3c(c2)OCO3)C(=O)/C1=C/c1cc(Cl)c(OCc2ccc(F)cc2)c(Br)c1. The van der Waals surface area contributed by atoms with Gasteiger partial charge in [-0.1, -0.05) is 23.7 Å². The largest absolute Gasteiger partial charge is 0.486 e. The first-order valence-corrected chi connectivity index (χ1v) is 11.6. The number of hydrogen-bond donors (Lipinski definition) is 1. The summed E-state index contributed by atoms with van der Waals surface area (Å²) in [5, 5.41) is 2.38. The van der Waals surface area contributed by atoms with E-state index in [0.29, 0.717) is 27.3 Å². The van der Waals surface area contributed by atoms with Gasteiger partial charge in [0, 0.05) is 6.07 Å². The Kier molecular flexibility index (Phi) is 6.38. The second-order valence-corrected chi connectivity index (χ2v) is 8.99. The van der Waals surface area contributed by atoms with E-state index in [9.17, 15) is 18.8 Å². The predicted octanol–water partition coefficient (Wildman–Crippen LogP) is 5.22. The molecule has 1 saturated heterocycles. The summed E-state index contributed by atoms with van der Waals surface area (Å²) < 4.78 is 29.9. The van der Waals surface area contributed by atoms with Crippen molar-refractivity contribution < 1.29 is 33.0 Å². The maximum atomic E-state index is 13.2. The molecule has 2 heterocycles. The third kappa shape index (κ3) is 4.65. The third-order valence-electron chi connectivity index (χ3n) is 5.34. The van der Waals surface area contributed by atoms with Crippen molar-refractivity contribution in [2.24, 2.45) is 0 Å². The van der Waals surface area contributed by atoms with Gasteiger partial charge >= 0.3 is 6.03 Å². The Bertz CT molecular complexity index is 1420. The van der Waals surface area contributed by atoms with Crippen molar-refractivity contribution in [3.05, 3.63) is 86.6 Å². The number of halogens is 3. The molecule has 0 aromatic heterocycles. The van der Waals surface area contributed by atoms with E-state index in [4.69, 9.17) is 25.8 Å². The van der Waals surface area contributed by atoms with Gasteiger partial charge in [0.1, 0.15) is 18.0 Å². The van der Waals surface area contributed by atoms with Crippen molar-refractivity contribution in [3.8, 4) is 17.2 Å². The van der Waals surface area contributed by atoms with Crippen LogP contribution < -0.4 is 24.4 Å². The highest BCUT2D eigenvalue weighted by Crippen LogP contribution is 2.38. The van der Waals surface area contributed by atoms with E-state index in [-0.39, 0.29) is 35.5 Å². The fourth-order valence-electron chi connectivity index (χ4n) is 3.62. The van der Waals surface area contributed by atoms with Gasteiger partial charge in [-0.2, -0.15) is 0 Å². The Morgan fingerprint density at radius 2 is 1.81 bits per heavy atom. The number of hydrogen-bond acceptors (Lipinski definition) is 6. The summed E-state index contributed by atoms with van der Waals surface area (Å²) >= 11 is 9.79. The molecule has 0 atom stereocenters. The van der Waals surface area contributed by atoms with Crippen molar-refractivity contribution in [3.63, 3.8) is 0 Å². The highest BCUT2D eigenvalue weighted by molar-refractivity contribution is 9.10. The molecule has 0 radical (unpaired) electrons. The average Bonchev–Trinajstić information content (AvgIpc) is 3.30. The lowest BCUT2D eigenvalue weighted by Gasteiger charge is -2.26. The molecule has 0 saturated carbocycles. The van der Waals surface area contributed by atoms with Gasteiger partial charge in [-0.3, -0.25) is 14.9 Å². The zero-order valence-corrected chi connectivity index (χ0v) is 20.6. The minimum atomic E-state index is -0.884. The standard InChI is InChI=1S/C25H15BrClFN2O6/c26-18-8-14(9-19(27)22(18)34-11-13-1-3-15(28)4-2-13)7-17-23(31)29-25(33)30(24(17)32)16-5-6-20-21(10-16)36-12-35-20/h1-10H,11-12H2,(H,29,31,33)/b17-7+. The summed E-state index contributed by atoms with van der Waals surface area (Å²) in [6.45, 7) is 0.175. The number of barbiturate groups is 1. The number of amides is 4. The van der Waals surface area contributed by atoms with Gasteiger partial charge in [0.05, 0.1) is 15.2 Å². The summed E-state index contributed by atoms with van der Waals surface area (Å²) in [6.07, 6.45) is 1.32. The van der Waals surface area contributed by atoms with Crippen LogP contribution in [0, 0.1) is 5.82 Å². The van der Waals surface area contributed by atoms with Gasteiger partial charge in [-0.05, 0) is 69.5 Å². The quantitative estimate of drug-likeness (QED) is 0.333. The van der Waals surface area contributed by atoms with Crippen LogP contribution in [0.15, 0.2) is 64.6 Å². The topological polar surface area (TPSA) is 94.2 Å². The van der Waals surface area contributed by atoms with E-state index in [0.717, 1.165) is 10.5 Å². The molecule has 1 N–H and O–H groups in total. The highest BCUT2D eigenvalue weighted by atomic mass is 79.9. The number of ether oxygens (including phenoxy) is 3. The molecule has 0 spiro atoms. The fraction of sp³-hybridized carbons (Fsp3) is 0.0800. The number of rotatable bonds is 5. The Labute approximate surface area is 217 Å². The number of nitrogens with one attached hydrogen (secondary N) is 1. The zero-order chi connectivity index (χ0) is 25.4. The van der Waals surface area contributed by atoms with E-state index in [1.165, 1.54) is 36.4 Å².